The summed E-state index contributed by atoms with van der Waals surface area (Å²) in [5, 5.41) is 13.6. The zero-order chi connectivity index (χ0) is 17.9. The number of hydrogen-bond acceptors (Lipinski definition) is 5. The molecule has 0 unspecified atom stereocenters. The molecule has 24 heavy (non-hydrogen) atoms. The third-order valence-electron chi connectivity index (χ3n) is 3.84. The minimum atomic E-state index is -0.819. The van der Waals surface area contributed by atoms with Gasteiger partial charge in [-0.15, -0.1) is 0 Å². The lowest BCUT2D eigenvalue weighted by molar-refractivity contribution is -0.384. The maximum absolute atomic E-state index is 12.7. The molecule has 126 valence electrons. The number of benzene rings is 2. The summed E-state index contributed by atoms with van der Waals surface area (Å²) in [5.41, 5.74) is 6.54. The molecule has 0 heterocycles. The Kier molecular flexibility index (Phi) is 4.73. The molecule has 0 saturated heterocycles. The molecule has 7 heteroatoms. The second kappa shape index (κ2) is 6.57. The average Bonchev–Trinajstić information content (AvgIpc) is 2.55. The number of nitrogen functional groups attached to an aromatic ring is 1. The summed E-state index contributed by atoms with van der Waals surface area (Å²) in [4.78, 5) is 23.0. The summed E-state index contributed by atoms with van der Waals surface area (Å²) in [6, 6.07) is 11.1. The predicted octanol–water partition coefficient (Wildman–Crippen LogP) is 3.10. The van der Waals surface area contributed by atoms with Gasteiger partial charge in [-0.3, -0.25) is 14.9 Å². The second-order valence-corrected chi connectivity index (χ2v) is 5.84. The average molecular weight is 329 g/mol. The second-order valence-electron chi connectivity index (χ2n) is 5.84. The van der Waals surface area contributed by atoms with E-state index in [2.05, 4.69) is 5.32 Å². The minimum Gasteiger partial charge on any atom is -0.494 e. The molecular formula is C17H19N3O4. The van der Waals surface area contributed by atoms with Gasteiger partial charge in [0.25, 0.3) is 5.69 Å². The highest BCUT2D eigenvalue weighted by atomic mass is 16.6. The van der Waals surface area contributed by atoms with E-state index in [1.807, 2.05) is 0 Å². The number of nitrogens with one attached hydrogen (secondary N) is 1. The zero-order valence-electron chi connectivity index (χ0n) is 13.7. The number of nitrogens with zero attached hydrogens (tertiary/aromatic N) is 1. The lowest BCUT2D eigenvalue weighted by atomic mass is 9.83. The number of carbonyl (C=O) groups excluding carboxylic acids is 1. The van der Waals surface area contributed by atoms with E-state index in [0.29, 0.717) is 11.4 Å². The zero-order valence-corrected chi connectivity index (χ0v) is 13.7. The van der Waals surface area contributed by atoms with Crippen molar-refractivity contribution in [1.29, 1.82) is 0 Å². The maximum Gasteiger partial charge on any atom is 0.273 e. The quantitative estimate of drug-likeness (QED) is 0.498. The molecule has 0 saturated carbocycles. The Hall–Kier alpha value is -3.09. The Bertz CT molecular complexity index is 770. The van der Waals surface area contributed by atoms with Crippen LogP contribution in [0, 0.1) is 10.1 Å². The molecule has 0 aliphatic carbocycles. The topological polar surface area (TPSA) is 107 Å². The van der Waals surface area contributed by atoms with E-state index in [-0.39, 0.29) is 17.3 Å². The summed E-state index contributed by atoms with van der Waals surface area (Å²) in [6.07, 6.45) is 0. The van der Waals surface area contributed by atoms with Gasteiger partial charge in [-0.1, -0.05) is 12.1 Å². The van der Waals surface area contributed by atoms with Gasteiger partial charge in [-0.05, 0) is 37.6 Å². The van der Waals surface area contributed by atoms with Crippen LogP contribution in [0.5, 0.6) is 5.75 Å². The van der Waals surface area contributed by atoms with Crippen molar-refractivity contribution < 1.29 is 14.5 Å². The van der Waals surface area contributed by atoms with Crippen LogP contribution in [0.3, 0.4) is 0 Å². The molecule has 2 aromatic carbocycles. The van der Waals surface area contributed by atoms with Crippen LogP contribution < -0.4 is 15.8 Å². The van der Waals surface area contributed by atoms with Crippen LogP contribution in [-0.4, -0.2) is 17.9 Å². The molecule has 2 aromatic rings. The number of anilines is 2. The van der Waals surface area contributed by atoms with E-state index in [9.17, 15) is 14.9 Å². The van der Waals surface area contributed by atoms with Gasteiger partial charge in [0.1, 0.15) is 5.75 Å². The highest BCUT2D eigenvalue weighted by molar-refractivity contribution is 5.99. The van der Waals surface area contributed by atoms with Crippen molar-refractivity contribution >= 4 is 23.0 Å². The van der Waals surface area contributed by atoms with Crippen LogP contribution in [0.2, 0.25) is 0 Å². The Morgan fingerprint density at radius 2 is 1.83 bits per heavy atom. The van der Waals surface area contributed by atoms with Crippen molar-refractivity contribution in [2.24, 2.45) is 0 Å². The highest BCUT2D eigenvalue weighted by Crippen LogP contribution is 2.32. The Balaban J connectivity index is 2.28. The van der Waals surface area contributed by atoms with Crippen molar-refractivity contribution in [2.45, 2.75) is 19.3 Å². The number of ether oxygens (including phenoxy) is 1. The van der Waals surface area contributed by atoms with Crippen molar-refractivity contribution in [3.05, 3.63) is 58.1 Å². The number of rotatable bonds is 5. The van der Waals surface area contributed by atoms with Gasteiger partial charge in [-0.2, -0.15) is 0 Å². The van der Waals surface area contributed by atoms with Crippen molar-refractivity contribution in [3.63, 3.8) is 0 Å². The van der Waals surface area contributed by atoms with Crippen LogP contribution in [0.15, 0.2) is 42.5 Å². The van der Waals surface area contributed by atoms with Gasteiger partial charge in [-0.25, -0.2) is 0 Å². The summed E-state index contributed by atoms with van der Waals surface area (Å²) in [5.74, 6) is -0.0370. The van der Waals surface area contributed by atoms with Crippen molar-refractivity contribution in [1.82, 2.24) is 0 Å². The molecule has 1 amide bonds. The van der Waals surface area contributed by atoms with Gasteiger partial charge in [0.2, 0.25) is 5.91 Å². The van der Waals surface area contributed by atoms with E-state index >= 15 is 0 Å². The summed E-state index contributed by atoms with van der Waals surface area (Å²) < 4.78 is 5.14. The minimum absolute atomic E-state index is 0.109. The molecule has 0 radical (unpaired) electrons. The molecular weight excluding hydrogens is 310 g/mol. The summed E-state index contributed by atoms with van der Waals surface area (Å²) in [6.45, 7) is 3.57. The Labute approximate surface area is 139 Å². The molecule has 7 nitrogen and oxygen atoms in total. The summed E-state index contributed by atoms with van der Waals surface area (Å²) >= 11 is 0. The van der Waals surface area contributed by atoms with Crippen molar-refractivity contribution in [3.8, 4) is 5.75 Å². The van der Waals surface area contributed by atoms with E-state index < -0.39 is 10.3 Å². The van der Waals surface area contributed by atoms with Gasteiger partial charge in [0.15, 0.2) is 0 Å². The van der Waals surface area contributed by atoms with Gasteiger partial charge >= 0.3 is 0 Å². The number of nitro groups is 1. The molecule has 0 fully saturated rings. The molecule has 0 aliphatic heterocycles. The Morgan fingerprint density at radius 1 is 1.21 bits per heavy atom. The molecule has 0 bridgehead atoms. The molecule has 0 aromatic heterocycles. The van der Waals surface area contributed by atoms with Crippen LogP contribution in [0.25, 0.3) is 0 Å². The first-order chi connectivity index (χ1) is 11.3. The van der Waals surface area contributed by atoms with Crippen LogP contribution in [-0.2, 0) is 10.2 Å². The van der Waals surface area contributed by atoms with E-state index in [4.69, 9.17) is 10.5 Å². The third-order valence-corrected chi connectivity index (χ3v) is 3.84. The van der Waals surface area contributed by atoms with Gasteiger partial charge in [0.05, 0.1) is 29.2 Å². The monoisotopic (exact) mass is 329 g/mol. The van der Waals surface area contributed by atoms with Crippen LogP contribution in [0.1, 0.15) is 19.4 Å². The smallest absolute Gasteiger partial charge is 0.273 e. The van der Waals surface area contributed by atoms with Gasteiger partial charge in [0, 0.05) is 11.8 Å². The lowest BCUT2D eigenvalue weighted by Gasteiger charge is -2.24. The number of carbonyl (C=O) groups is 1. The fraction of sp³-hybridized carbons (Fsp3) is 0.235. The molecule has 0 spiro atoms. The number of amides is 1. The highest BCUT2D eigenvalue weighted by Gasteiger charge is 2.30. The largest absolute Gasteiger partial charge is 0.494 e. The van der Waals surface area contributed by atoms with Crippen LogP contribution >= 0.6 is 0 Å². The predicted molar refractivity (Wildman–Crippen MR) is 92.2 cm³/mol. The SMILES string of the molecule is COc1cc([N+](=O)[O-])ccc1NC(=O)C(C)(C)c1ccc(N)cc1. The Morgan fingerprint density at radius 3 is 2.38 bits per heavy atom. The third kappa shape index (κ3) is 3.45. The first-order valence-corrected chi connectivity index (χ1v) is 7.25. The van der Waals surface area contributed by atoms with E-state index in [1.165, 1.54) is 25.3 Å². The van der Waals surface area contributed by atoms with Crippen molar-refractivity contribution in [2.75, 3.05) is 18.2 Å². The van der Waals surface area contributed by atoms with Crippen LogP contribution in [0.4, 0.5) is 17.1 Å². The molecule has 2 rings (SSSR count). The van der Waals surface area contributed by atoms with Gasteiger partial charge < -0.3 is 15.8 Å². The first-order valence-electron chi connectivity index (χ1n) is 7.25. The number of non-ortho nitro benzene ring substituents is 1. The summed E-state index contributed by atoms with van der Waals surface area (Å²) in [7, 11) is 1.39. The molecule has 0 atom stereocenters. The normalized spacial score (nSPS) is 11.0. The number of nitro benzene ring substituents is 1. The fourth-order valence-electron chi connectivity index (χ4n) is 2.21. The first kappa shape index (κ1) is 17.3. The number of hydrogen-bond donors (Lipinski definition) is 2. The fourth-order valence-corrected chi connectivity index (χ4v) is 2.21. The molecule has 3 N–H and O–H groups in total. The maximum atomic E-state index is 12.7. The van der Waals surface area contributed by atoms with E-state index in [0.717, 1.165) is 5.56 Å². The number of methoxy groups -OCH3 is 1. The molecule has 0 aliphatic rings. The van der Waals surface area contributed by atoms with E-state index in [1.54, 1.807) is 38.1 Å². The lowest BCUT2D eigenvalue weighted by Crippen LogP contribution is -2.34. The standard InChI is InChI=1S/C17H19N3O4/c1-17(2,11-4-6-12(18)7-5-11)16(21)19-14-9-8-13(20(22)23)10-15(14)24-3/h4-10H,18H2,1-3H3,(H,19,21). The number of nitrogens with two attached hydrogens (primary N) is 1.